The van der Waals surface area contributed by atoms with Crippen molar-refractivity contribution in [3.05, 3.63) is 34.1 Å². The van der Waals surface area contributed by atoms with Gasteiger partial charge in [0.25, 0.3) is 5.91 Å². The zero-order chi connectivity index (χ0) is 12.3. The van der Waals surface area contributed by atoms with Crippen molar-refractivity contribution in [2.24, 2.45) is 0 Å². The summed E-state index contributed by atoms with van der Waals surface area (Å²) in [5.74, 6) is -0.788. The average molecular weight is 290 g/mol. The molecule has 1 unspecified atom stereocenters. The molecule has 0 aromatic heterocycles. The molecule has 1 atom stereocenters. The molecule has 0 spiro atoms. The molecule has 1 N–H and O–H groups in total. The van der Waals surface area contributed by atoms with Crippen LogP contribution in [-0.2, 0) is 0 Å². The summed E-state index contributed by atoms with van der Waals surface area (Å²) < 4.78 is 13.6. The highest BCUT2D eigenvalue weighted by Crippen LogP contribution is 2.16. The molecule has 0 saturated heterocycles. The lowest BCUT2D eigenvalue weighted by molar-refractivity contribution is 0.0703. The van der Waals surface area contributed by atoms with Crippen LogP contribution in [0.4, 0.5) is 4.39 Å². The molecular formula is C11H13BrFNO2. The van der Waals surface area contributed by atoms with Gasteiger partial charge in [0.05, 0.1) is 6.10 Å². The number of amides is 1. The molecule has 0 aliphatic rings. The molecular weight excluding hydrogens is 277 g/mol. The van der Waals surface area contributed by atoms with E-state index in [0.717, 1.165) is 0 Å². The van der Waals surface area contributed by atoms with E-state index in [2.05, 4.69) is 15.9 Å². The van der Waals surface area contributed by atoms with E-state index in [0.29, 0.717) is 4.47 Å². The highest BCUT2D eigenvalue weighted by atomic mass is 79.9. The summed E-state index contributed by atoms with van der Waals surface area (Å²) >= 11 is 3.12. The van der Waals surface area contributed by atoms with Gasteiger partial charge in [-0.25, -0.2) is 4.39 Å². The number of likely N-dealkylation sites (N-methyl/N-ethyl adjacent to an activating group) is 1. The van der Waals surface area contributed by atoms with Crippen LogP contribution in [0, 0.1) is 5.82 Å². The number of carbonyl (C=O) groups is 1. The van der Waals surface area contributed by atoms with Gasteiger partial charge >= 0.3 is 0 Å². The van der Waals surface area contributed by atoms with Gasteiger partial charge in [-0.15, -0.1) is 0 Å². The topological polar surface area (TPSA) is 40.5 Å². The van der Waals surface area contributed by atoms with E-state index in [9.17, 15) is 9.18 Å². The Morgan fingerprint density at radius 3 is 2.69 bits per heavy atom. The van der Waals surface area contributed by atoms with Crippen molar-refractivity contribution >= 4 is 21.8 Å². The van der Waals surface area contributed by atoms with Crippen LogP contribution in [0.5, 0.6) is 0 Å². The average Bonchev–Trinajstić information content (AvgIpc) is 2.13. The van der Waals surface area contributed by atoms with Crippen molar-refractivity contribution in [3.63, 3.8) is 0 Å². The van der Waals surface area contributed by atoms with Crippen LogP contribution < -0.4 is 0 Å². The number of rotatable bonds is 3. The number of hydrogen-bond acceptors (Lipinski definition) is 2. The lowest BCUT2D eigenvalue weighted by Gasteiger charge is -2.18. The number of hydrogen-bond donors (Lipinski definition) is 1. The summed E-state index contributed by atoms with van der Waals surface area (Å²) in [5.41, 5.74) is 0.259. The van der Waals surface area contributed by atoms with Crippen LogP contribution >= 0.6 is 15.9 Å². The highest BCUT2D eigenvalue weighted by Gasteiger charge is 2.14. The normalized spacial score (nSPS) is 12.3. The Morgan fingerprint density at radius 1 is 1.56 bits per heavy atom. The number of nitrogens with zero attached hydrogens (tertiary/aromatic N) is 1. The van der Waals surface area contributed by atoms with Gasteiger partial charge in [-0.05, 0) is 25.1 Å². The second-order valence-electron chi connectivity index (χ2n) is 3.69. The molecule has 3 nitrogen and oxygen atoms in total. The Kier molecular flexibility index (Phi) is 4.44. The van der Waals surface area contributed by atoms with E-state index < -0.39 is 11.9 Å². The van der Waals surface area contributed by atoms with E-state index >= 15 is 0 Å². The van der Waals surface area contributed by atoms with Gasteiger partial charge < -0.3 is 10.0 Å². The van der Waals surface area contributed by atoms with E-state index in [1.165, 1.54) is 17.0 Å². The summed E-state index contributed by atoms with van der Waals surface area (Å²) in [5, 5.41) is 9.15. The van der Waals surface area contributed by atoms with E-state index in [-0.39, 0.29) is 18.0 Å². The smallest absolute Gasteiger partial charge is 0.253 e. The van der Waals surface area contributed by atoms with E-state index in [1.54, 1.807) is 20.0 Å². The quantitative estimate of drug-likeness (QED) is 0.925. The lowest BCUT2D eigenvalue weighted by atomic mass is 10.2. The van der Waals surface area contributed by atoms with E-state index in [1.807, 2.05) is 0 Å². The first-order chi connectivity index (χ1) is 7.40. The fraction of sp³-hybridized carbons (Fsp3) is 0.364. The number of aliphatic hydroxyl groups excluding tert-OH is 1. The maximum atomic E-state index is 13.1. The SMILES string of the molecule is CC(O)CN(C)C(=O)c1cc(F)cc(Br)c1. The predicted octanol–water partition coefficient (Wildman–Crippen LogP) is 2.04. The Bertz CT molecular complexity index is 375. The van der Waals surface area contributed by atoms with Crippen LogP contribution in [0.15, 0.2) is 22.7 Å². The molecule has 88 valence electrons. The maximum absolute atomic E-state index is 13.1. The van der Waals surface area contributed by atoms with Crippen LogP contribution in [0.25, 0.3) is 0 Å². The van der Waals surface area contributed by atoms with Gasteiger partial charge in [0.2, 0.25) is 0 Å². The number of benzene rings is 1. The van der Waals surface area contributed by atoms with Gasteiger partial charge in [-0.2, -0.15) is 0 Å². The van der Waals surface area contributed by atoms with E-state index in [4.69, 9.17) is 5.11 Å². The fourth-order valence-corrected chi connectivity index (χ4v) is 1.84. The van der Waals surface area contributed by atoms with Gasteiger partial charge in [0.15, 0.2) is 0 Å². The molecule has 1 amide bonds. The first-order valence-electron chi connectivity index (χ1n) is 4.79. The molecule has 0 heterocycles. The molecule has 16 heavy (non-hydrogen) atoms. The van der Waals surface area contributed by atoms with Crippen molar-refractivity contribution < 1.29 is 14.3 Å². The van der Waals surface area contributed by atoms with Gasteiger partial charge in [-0.3, -0.25) is 4.79 Å². The minimum Gasteiger partial charge on any atom is -0.392 e. The number of carbonyl (C=O) groups excluding carboxylic acids is 1. The Hall–Kier alpha value is -0.940. The van der Waals surface area contributed by atoms with Gasteiger partial charge in [0, 0.05) is 23.6 Å². The van der Waals surface area contributed by atoms with Gasteiger partial charge in [-0.1, -0.05) is 15.9 Å². The first-order valence-corrected chi connectivity index (χ1v) is 5.59. The lowest BCUT2D eigenvalue weighted by Crippen LogP contribution is -2.33. The summed E-state index contributed by atoms with van der Waals surface area (Å²) in [6.45, 7) is 1.80. The minimum atomic E-state index is -0.606. The molecule has 0 radical (unpaired) electrons. The second-order valence-corrected chi connectivity index (χ2v) is 4.61. The fourth-order valence-electron chi connectivity index (χ4n) is 1.38. The zero-order valence-corrected chi connectivity index (χ0v) is 10.7. The Morgan fingerprint density at radius 2 is 2.19 bits per heavy atom. The van der Waals surface area contributed by atoms with Crippen molar-refractivity contribution in [2.45, 2.75) is 13.0 Å². The monoisotopic (exact) mass is 289 g/mol. The summed E-state index contributed by atoms with van der Waals surface area (Å²) in [6.07, 6.45) is -0.606. The number of aliphatic hydroxyl groups is 1. The largest absolute Gasteiger partial charge is 0.392 e. The molecule has 1 aromatic carbocycles. The standard InChI is InChI=1S/C11H13BrFNO2/c1-7(15)6-14(2)11(16)8-3-9(12)5-10(13)4-8/h3-5,7,15H,6H2,1-2H3. The summed E-state index contributed by atoms with van der Waals surface area (Å²) in [4.78, 5) is 13.2. The first kappa shape index (κ1) is 13.1. The van der Waals surface area contributed by atoms with Crippen molar-refractivity contribution in [3.8, 4) is 0 Å². The molecule has 0 bridgehead atoms. The van der Waals surface area contributed by atoms with Crippen LogP contribution in [-0.4, -0.2) is 35.6 Å². The minimum absolute atomic E-state index is 0.215. The predicted molar refractivity (Wildman–Crippen MR) is 62.7 cm³/mol. The Labute approximate surface area is 102 Å². The third-order valence-electron chi connectivity index (χ3n) is 1.99. The third kappa shape index (κ3) is 3.57. The van der Waals surface area contributed by atoms with Crippen molar-refractivity contribution in [1.29, 1.82) is 0 Å². The summed E-state index contributed by atoms with van der Waals surface area (Å²) in [7, 11) is 1.56. The van der Waals surface area contributed by atoms with Crippen LogP contribution in [0.3, 0.4) is 0 Å². The number of halogens is 2. The van der Waals surface area contributed by atoms with Gasteiger partial charge in [0.1, 0.15) is 5.82 Å². The molecule has 0 saturated carbocycles. The molecule has 1 aromatic rings. The molecule has 5 heteroatoms. The Balaban J connectivity index is 2.87. The molecule has 1 rings (SSSR count). The summed E-state index contributed by atoms with van der Waals surface area (Å²) in [6, 6.07) is 4.00. The maximum Gasteiger partial charge on any atom is 0.253 e. The molecule has 0 fully saturated rings. The van der Waals surface area contributed by atoms with Crippen LogP contribution in [0.2, 0.25) is 0 Å². The van der Waals surface area contributed by atoms with Crippen molar-refractivity contribution in [1.82, 2.24) is 4.90 Å². The molecule has 0 aliphatic carbocycles. The molecule has 0 aliphatic heterocycles. The third-order valence-corrected chi connectivity index (χ3v) is 2.45. The second kappa shape index (κ2) is 5.41. The zero-order valence-electron chi connectivity index (χ0n) is 9.08. The highest BCUT2D eigenvalue weighted by molar-refractivity contribution is 9.10. The van der Waals surface area contributed by atoms with Crippen molar-refractivity contribution in [2.75, 3.05) is 13.6 Å². The van der Waals surface area contributed by atoms with Crippen LogP contribution in [0.1, 0.15) is 17.3 Å².